The zero-order valence-electron chi connectivity index (χ0n) is 18.2. The lowest BCUT2D eigenvalue weighted by atomic mass is 10.1. The Bertz CT molecular complexity index is 1300. The van der Waals surface area contributed by atoms with Crippen molar-refractivity contribution in [3.05, 3.63) is 59.2 Å². The summed E-state index contributed by atoms with van der Waals surface area (Å²) in [5.41, 5.74) is 3.68. The van der Waals surface area contributed by atoms with Crippen molar-refractivity contribution in [3.8, 4) is 11.4 Å². The van der Waals surface area contributed by atoms with Crippen LogP contribution in [0.25, 0.3) is 22.3 Å². The predicted molar refractivity (Wildman–Crippen MR) is 132 cm³/mol. The van der Waals surface area contributed by atoms with Crippen LogP contribution in [0, 0.1) is 6.92 Å². The van der Waals surface area contributed by atoms with Crippen LogP contribution in [-0.2, 0) is 16.1 Å². The lowest BCUT2D eigenvalue weighted by Gasteiger charge is -2.14. The standard InChI is InChI=1S/C24H24ClN5O2S/c1-15-8-9-21(19(25)11-15)27-22(31)14-33-24-29-28-23(30(24)13-16-5-4-10-32-16)18-12-26-20-7-3-2-6-17(18)20/h2-3,6-9,11-12,16,26H,4-5,10,13-14H2,1H3,(H,27,31). The fourth-order valence-electron chi connectivity index (χ4n) is 4.05. The molecule has 0 saturated carbocycles. The number of aromatic amines is 1. The molecular formula is C24H24ClN5O2S. The van der Waals surface area contributed by atoms with E-state index in [0.717, 1.165) is 47.3 Å². The molecule has 1 atom stereocenters. The minimum absolute atomic E-state index is 0.115. The molecule has 0 radical (unpaired) electrons. The summed E-state index contributed by atoms with van der Waals surface area (Å²) in [5.74, 6) is 0.820. The molecule has 170 valence electrons. The topological polar surface area (TPSA) is 84.8 Å². The Kier molecular flexibility index (Phi) is 6.39. The van der Waals surface area contributed by atoms with E-state index in [2.05, 4.69) is 31.1 Å². The Morgan fingerprint density at radius 3 is 3.00 bits per heavy atom. The van der Waals surface area contributed by atoms with Gasteiger partial charge in [0, 0.05) is 29.3 Å². The lowest BCUT2D eigenvalue weighted by molar-refractivity contribution is -0.113. The number of thioether (sulfide) groups is 1. The summed E-state index contributed by atoms with van der Waals surface area (Å²) < 4.78 is 7.95. The van der Waals surface area contributed by atoms with Gasteiger partial charge in [0.2, 0.25) is 5.91 Å². The fraction of sp³-hybridized carbons (Fsp3) is 0.292. The minimum Gasteiger partial charge on any atom is -0.376 e. The summed E-state index contributed by atoms with van der Waals surface area (Å²) in [6.07, 6.45) is 4.13. The summed E-state index contributed by atoms with van der Waals surface area (Å²) in [6.45, 7) is 3.38. The van der Waals surface area contributed by atoms with Crippen LogP contribution in [0.3, 0.4) is 0 Å². The number of fused-ring (bicyclic) bond motifs is 1. The van der Waals surface area contributed by atoms with Crippen LogP contribution in [0.2, 0.25) is 5.02 Å². The minimum atomic E-state index is -0.147. The van der Waals surface area contributed by atoms with Crippen LogP contribution in [0.4, 0.5) is 5.69 Å². The number of nitrogens with zero attached hydrogens (tertiary/aromatic N) is 3. The number of ether oxygens (including phenoxy) is 1. The molecule has 1 aliphatic heterocycles. The average molecular weight is 482 g/mol. The lowest BCUT2D eigenvalue weighted by Crippen LogP contribution is -2.18. The fourth-order valence-corrected chi connectivity index (χ4v) is 5.08. The van der Waals surface area contributed by atoms with Gasteiger partial charge < -0.3 is 15.0 Å². The number of halogens is 1. The first-order valence-corrected chi connectivity index (χ1v) is 12.2. The highest BCUT2D eigenvalue weighted by Crippen LogP contribution is 2.31. The number of rotatable bonds is 7. The summed E-state index contributed by atoms with van der Waals surface area (Å²) in [5, 5.41) is 14.1. The van der Waals surface area contributed by atoms with Crippen molar-refractivity contribution in [1.82, 2.24) is 19.7 Å². The smallest absolute Gasteiger partial charge is 0.234 e. The van der Waals surface area contributed by atoms with E-state index in [1.54, 1.807) is 0 Å². The van der Waals surface area contributed by atoms with Crippen molar-refractivity contribution in [1.29, 1.82) is 0 Å². The molecule has 1 fully saturated rings. The van der Waals surface area contributed by atoms with E-state index in [1.807, 2.05) is 49.5 Å². The number of aryl methyl sites for hydroxylation is 1. The van der Waals surface area contributed by atoms with Crippen molar-refractivity contribution in [3.63, 3.8) is 0 Å². The van der Waals surface area contributed by atoms with Gasteiger partial charge in [-0.05, 0) is 43.5 Å². The number of carbonyl (C=O) groups excluding carboxylic acids is 1. The zero-order chi connectivity index (χ0) is 22.8. The normalized spacial score (nSPS) is 15.9. The highest BCUT2D eigenvalue weighted by Gasteiger charge is 2.23. The second kappa shape index (κ2) is 9.59. The summed E-state index contributed by atoms with van der Waals surface area (Å²) in [7, 11) is 0. The molecule has 2 N–H and O–H groups in total. The number of benzene rings is 2. The third-order valence-electron chi connectivity index (χ3n) is 5.69. The van der Waals surface area contributed by atoms with Crippen molar-refractivity contribution in [2.75, 3.05) is 17.7 Å². The monoisotopic (exact) mass is 481 g/mol. The number of nitrogens with one attached hydrogen (secondary N) is 2. The first-order chi connectivity index (χ1) is 16.1. The third kappa shape index (κ3) is 4.78. The average Bonchev–Trinajstić information content (AvgIpc) is 3.55. The van der Waals surface area contributed by atoms with Gasteiger partial charge >= 0.3 is 0 Å². The van der Waals surface area contributed by atoms with Gasteiger partial charge in [-0.15, -0.1) is 10.2 Å². The molecule has 3 heterocycles. The highest BCUT2D eigenvalue weighted by molar-refractivity contribution is 7.99. The van der Waals surface area contributed by atoms with Gasteiger partial charge in [0.05, 0.1) is 29.1 Å². The van der Waals surface area contributed by atoms with Gasteiger partial charge in [-0.3, -0.25) is 9.36 Å². The Morgan fingerprint density at radius 2 is 2.18 bits per heavy atom. The van der Waals surface area contributed by atoms with E-state index in [9.17, 15) is 4.79 Å². The molecule has 4 aromatic rings. The molecule has 1 amide bonds. The largest absolute Gasteiger partial charge is 0.376 e. The molecule has 0 bridgehead atoms. The molecular weight excluding hydrogens is 458 g/mol. The quantitative estimate of drug-likeness (QED) is 0.350. The Labute approximate surface area is 200 Å². The summed E-state index contributed by atoms with van der Waals surface area (Å²) in [4.78, 5) is 15.9. The molecule has 1 unspecified atom stereocenters. The van der Waals surface area contributed by atoms with Gasteiger partial charge in [-0.25, -0.2) is 0 Å². The maximum Gasteiger partial charge on any atom is 0.234 e. The molecule has 5 rings (SSSR count). The van der Waals surface area contributed by atoms with E-state index in [4.69, 9.17) is 16.3 Å². The van der Waals surface area contributed by atoms with Crippen LogP contribution < -0.4 is 5.32 Å². The number of amides is 1. The molecule has 0 aliphatic carbocycles. The maximum atomic E-state index is 12.6. The van der Waals surface area contributed by atoms with Crippen molar-refractivity contribution in [2.45, 2.75) is 37.6 Å². The second-order valence-electron chi connectivity index (χ2n) is 8.12. The number of aromatic nitrogens is 4. The molecule has 1 aliphatic rings. The van der Waals surface area contributed by atoms with E-state index in [1.165, 1.54) is 11.8 Å². The van der Waals surface area contributed by atoms with Crippen LogP contribution in [-0.4, -0.2) is 44.1 Å². The molecule has 0 spiro atoms. The zero-order valence-corrected chi connectivity index (χ0v) is 19.7. The molecule has 2 aromatic heterocycles. The highest BCUT2D eigenvalue weighted by atomic mass is 35.5. The molecule has 7 nitrogen and oxygen atoms in total. The van der Waals surface area contributed by atoms with Gasteiger partial charge in [-0.2, -0.15) is 0 Å². The number of hydrogen-bond donors (Lipinski definition) is 2. The number of hydrogen-bond acceptors (Lipinski definition) is 5. The van der Waals surface area contributed by atoms with Crippen molar-refractivity contribution in [2.24, 2.45) is 0 Å². The van der Waals surface area contributed by atoms with Crippen molar-refractivity contribution < 1.29 is 9.53 Å². The van der Waals surface area contributed by atoms with Gasteiger partial charge in [0.25, 0.3) is 0 Å². The van der Waals surface area contributed by atoms with Crippen LogP contribution >= 0.6 is 23.4 Å². The van der Waals surface area contributed by atoms with Gasteiger partial charge in [0.1, 0.15) is 0 Å². The Morgan fingerprint density at radius 1 is 1.30 bits per heavy atom. The predicted octanol–water partition coefficient (Wildman–Crippen LogP) is 5.30. The number of para-hydroxylation sites is 1. The third-order valence-corrected chi connectivity index (χ3v) is 6.97. The Hall–Kier alpha value is -2.81. The van der Waals surface area contributed by atoms with E-state index in [0.29, 0.717) is 22.4 Å². The van der Waals surface area contributed by atoms with Crippen LogP contribution in [0.15, 0.2) is 53.8 Å². The van der Waals surface area contributed by atoms with E-state index >= 15 is 0 Å². The van der Waals surface area contributed by atoms with Crippen LogP contribution in [0.1, 0.15) is 18.4 Å². The van der Waals surface area contributed by atoms with Crippen molar-refractivity contribution >= 4 is 45.9 Å². The molecule has 2 aromatic carbocycles. The summed E-state index contributed by atoms with van der Waals surface area (Å²) >= 11 is 7.61. The maximum absolute atomic E-state index is 12.6. The number of carbonyl (C=O) groups is 1. The number of anilines is 1. The molecule has 9 heteroatoms. The second-order valence-corrected chi connectivity index (χ2v) is 9.47. The first kappa shape index (κ1) is 22.0. The van der Waals surface area contributed by atoms with E-state index < -0.39 is 0 Å². The first-order valence-electron chi connectivity index (χ1n) is 10.9. The van der Waals surface area contributed by atoms with Gasteiger partial charge in [0.15, 0.2) is 11.0 Å². The summed E-state index contributed by atoms with van der Waals surface area (Å²) in [6, 6.07) is 13.7. The van der Waals surface area contributed by atoms with Crippen LogP contribution in [0.5, 0.6) is 0 Å². The Balaban J connectivity index is 1.38. The molecule has 1 saturated heterocycles. The van der Waals surface area contributed by atoms with E-state index in [-0.39, 0.29) is 17.8 Å². The SMILES string of the molecule is Cc1ccc(NC(=O)CSc2nnc(-c3c[nH]c4ccccc34)n2CC2CCCO2)c(Cl)c1. The molecule has 33 heavy (non-hydrogen) atoms. The number of H-pyrrole nitrogens is 1. The van der Waals surface area contributed by atoms with Gasteiger partial charge in [-0.1, -0.05) is 47.6 Å².